The monoisotopic (exact) mass is 301 g/mol. The van der Waals surface area contributed by atoms with Crippen LogP contribution < -0.4 is 5.43 Å². The number of halogens is 1. The van der Waals surface area contributed by atoms with E-state index in [4.69, 9.17) is 16.3 Å². The van der Waals surface area contributed by atoms with Crippen molar-refractivity contribution in [1.29, 1.82) is 0 Å². The number of rotatable bonds is 3. The summed E-state index contributed by atoms with van der Waals surface area (Å²) in [5.41, 5.74) is 2.33. The lowest BCUT2D eigenvalue weighted by atomic mass is 10.2. The second-order valence-electron chi connectivity index (χ2n) is 5.07. The van der Waals surface area contributed by atoms with E-state index in [0.717, 1.165) is 5.01 Å². The molecule has 0 spiro atoms. The Hall–Kier alpha value is -2.02. The Kier molecular flexibility index (Phi) is 4.78. The summed E-state index contributed by atoms with van der Waals surface area (Å²) in [6, 6.07) is 3.91. The van der Waals surface area contributed by atoms with Crippen molar-refractivity contribution in [2.24, 2.45) is 0 Å². The topological polar surface area (TPSA) is 84.7 Å². The standard InChI is InChI=1S/C12H16ClN3O4/c1-12(2,3)20-11(17)15(4)14-10-6-5-8(16(18)19)7-9(10)13/h5-7,14H,1-4H3. The van der Waals surface area contributed by atoms with Crippen LogP contribution >= 0.6 is 11.6 Å². The van der Waals surface area contributed by atoms with Crippen molar-refractivity contribution in [3.63, 3.8) is 0 Å². The van der Waals surface area contributed by atoms with Crippen LogP contribution in [0.15, 0.2) is 18.2 Å². The Labute approximate surface area is 121 Å². The number of non-ortho nitro benzene ring substituents is 1. The average Bonchev–Trinajstić information content (AvgIpc) is 2.29. The molecule has 0 aromatic heterocycles. The number of carbonyl (C=O) groups excluding carboxylic acids is 1. The van der Waals surface area contributed by atoms with E-state index in [-0.39, 0.29) is 10.7 Å². The predicted octanol–water partition coefficient (Wildman–Crippen LogP) is 3.44. The van der Waals surface area contributed by atoms with E-state index in [9.17, 15) is 14.9 Å². The molecule has 110 valence electrons. The first kappa shape index (κ1) is 16.0. The number of hydrogen-bond acceptors (Lipinski definition) is 5. The molecular formula is C12H16ClN3O4. The number of nitrogens with zero attached hydrogens (tertiary/aromatic N) is 2. The van der Waals surface area contributed by atoms with Crippen molar-refractivity contribution in [3.05, 3.63) is 33.3 Å². The molecule has 0 saturated carbocycles. The SMILES string of the molecule is CN(Nc1ccc([N+](=O)[O-])cc1Cl)C(=O)OC(C)(C)C. The summed E-state index contributed by atoms with van der Waals surface area (Å²) in [5.74, 6) is 0. The van der Waals surface area contributed by atoms with Gasteiger partial charge in [0.25, 0.3) is 5.69 Å². The molecule has 0 aliphatic carbocycles. The number of nitrogens with one attached hydrogen (secondary N) is 1. The van der Waals surface area contributed by atoms with Gasteiger partial charge in [-0.25, -0.2) is 9.80 Å². The van der Waals surface area contributed by atoms with Crippen LogP contribution in [0.1, 0.15) is 20.8 Å². The second kappa shape index (κ2) is 5.96. The van der Waals surface area contributed by atoms with Crippen LogP contribution in [0.25, 0.3) is 0 Å². The number of carbonyl (C=O) groups is 1. The van der Waals surface area contributed by atoms with Gasteiger partial charge in [0, 0.05) is 19.2 Å². The van der Waals surface area contributed by atoms with Crippen molar-refractivity contribution < 1.29 is 14.5 Å². The van der Waals surface area contributed by atoms with Crippen LogP contribution in [-0.2, 0) is 4.74 Å². The molecule has 1 amide bonds. The van der Waals surface area contributed by atoms with Gasteiger partial charge in [-0.05, 0) is 26.8 Å². The number of amides is 1. The fourth-order valence-corrected chi connectivity index (χ4v) is 1.48. The smallest absolute Gasteiger partial charge is 0.428 e. The summed E-state index contributed by atoms with van der Waals surface area (Å²) in [7, 11) is 1.46. The molecule has 20 heavy (non-hydrogen) atoms. The molecule has 0 bridgehead atoms. The zero-order valence-corrected chi connectivity index (χ0v) is 12.4. The van der Waals surface area contributed by atoms with Crippen molar-refractivity contribution in [3.8, 4) is 0 Å². The first-order chi connectivity index (χ1) is 9.10. The van der Waals surface area contributed by atoms with Crippen molar-refractivity contribution in [1.82, 2.24) is 5.01 Å². The van der Waals surface area contributed by atoms with Crippen LogP contribution in [0.3, 0.4) is 0 Å². The number of benzene rings is 1. The fourth-order valence-electron chi connectivity index (χ4n) is 1.26. The zero-order valence-electron chi connectivity index (χ0n) is 11.6. The Bertz CT molecular complexity index is 528. The minimum Gasteiger partial charge on any atom is -0.442 e. The van der Waals surface area contributed by atoms with E-state index in [1.165, 1.54) is 25.2 Å². The van der Waals surface area contributed by atoms with Crippen molar-refractivity contribution in [2.45, 2.75) is 26.4 Å². The summed E-state index contributed by atoms with van der Waals surface area (Å²) in [6.45, 7) is 5.24. The van der Waals surface area contributed by atoms with Crippen LogP contribution in [-0.4, -0.2) is 28.7 Å². The number of hydrogen-bond donors (Lipinski definition) is 1. The summed E-state index contributed by atoms with van der Waals surface area (Å²) in [4.78, 5) is 21.8. The molecule has 0 atom stereocenters. The van der Waals surface area contributed by atoms with Gasteiger partial charge in [0.15, 0.2) is 0 Å². The van der Waals surface area contributed by atoms with E-state index in [1.54, 1.807) is 20.8 Å². The van der Waals surface area contributed by atoms with Gasteiger partial charge in [-0.1, -0.05) is 11.6 Å². The molecule has 0 aliphatic heterocycles. The van der Waals surface area contributed by atoms with E-state index in [2.05, 4.69) is 5.43 Å². The maximum Gasteiger partial charge on any atom is 0.428 e. The van der Waals surface area contributed by atoms with Crippen LogP contribution in [0.5, 0.6) is 0 Å². The molecule has 1 rings (SSSR count). The van der Waals surface area contributed by atoms with Crippen molar-refractivity contribution in [2.75, 3.05) is 12.5 Å². The summed E-state index contributed by atoms with van der Waals surface area (Å²) >= 11 is 5.91. The third-order valence-electron chi connectivity index (χ3n) is 2.12. The minimum absolute atomic E-state index is 0.125. The third kappa shape index (κ3) is 4.58. The highest BCUT2D eigenvalue weighted by Gasteiger charge is 2.20. The Morgan fingerprint density at radius 2 is 2.05 bits per heavy atom. The highest BCUT2D eigenvalue weighted by molar-refractivity contribution is 6.33. The summed E-state index contributed by atoms with van der Waals surface area (Å²) in [5, 5.41) is 11.8. The van der Waals surface area contributed by atoms with Crippen LogP contribution in [0.4, 0.5) is 16.2 Å². The molecule has 7 nitrogen and oxygen atoms in total. The van der Waals surface area contributed by atoms with Gasteiger partial charge in [0.2, 0.25) is 0 Å². The molecule has 0 radical (unpaired) electrons. The van der Waals surface area contributed by atoms with Gasteiger partial charge in [-0.3, -0.25) is 15.5 Å². The Balaban J connectivity index is 2.78. The van der Waals surface area contributed by atoms with Gasteiger partial charge in [0.05, 0.1) is 15.6 Å². The van der Waals surface area contributed by atoms with E-state index in [1.807, 2.05) is 0 Å². The predicted molar refractivity (Wildman–Crippen MR) is 75.7 cm³/mol. The molecule has 8 heteroatoms. The summed E-state index contributed by atoms with van der Waals surface area (Å²) < 4.78 is 5.15. The molecule has 0 saturated heterocycles. The molecule has 1 N–H and O–H groups in total. The first-order valence-electron chi connectivity index (χ1n) is 5.77. The van der Waals surface area contributed by atoms with Gasteiger partial charge < -0.3 is 4.74 Å². The number of hydrazine groups is 1. The van der Waals surface area contributed by atoms with E-state index in [0.29, 0.717) is 5.69 Å². The maximum absolute atomic E-state index is 11.7. The Morgan fingerprint density at radius 3 is 2.50 bits per heavy atom. The lowest BCUT2D eigenvalue weighted by Gasteiger charge is -2.25. The maximum atomic E-state index is 11.7. The molecular weight excluding hydrogens is 286 g/mol. The third-order valence-corrected chi connectivity index (χ3v) is 2.43. The Morgan fingerprint density at radius 1 is 1.45 bits per heavy atom. The lowest BCUT2D eigenvalue weighted by molar-refractivity contribution is -0.384. The van der Waals surface area contributed by atoms with Gasteiger partial charge >= 0.3 is 6.09 Å². The second-order valence-corrected chi connectivity index (χ2v) is 5.48. The van der Waals surface area contributed by atoms with Gasteiger partial charge in [-0.2, -0.15) is 0 Å². The highest BCUT2D eigenvalue weighted by Crippen LogP contribution is 2.27. The quantitative estimate of drug-likeness (QED) is 0.683. The molecule has 1 aromatic rings. The number of nitro groups is 1. The normalized spacial score (nSPS) is 10.8. The number of nitro benzene ring substituents is 1. The van der Waals surface area contributed by atoms with Crippen LogP contribution in [0, 0.1) is 10.1 Å². The minimum atomic E-state index is -0.619. The van der Waals surface area contributed by atoms with Crippen LogP contribution in [0.2, 0.25) is 5.02 Å². The lowest BCUT2D eigenvalue weighted by Crippen LogP contribution is -2.37. The van der Waals surface area contributed by atoms with Gasteiger partial charge in [-0.15, -0.1) is 0 Å². The molecule has 1 aromatic carbocycles. The summed E-state index contributed by atoms with van der Waals surface area (Å²) in [6.07, 6.45) is -0.591. The molecule has 0 fully saturated rings. The average molecular weight is 302 g/mol. The number of anilines is 1. The van der Waals surface area contributed by atoms with Crippen molar-refractivity contribution >= 4 is 29.1 Å². The number of ether oxygens (including phenoxy) is 1. The highest BCUT2D eigenvalue weighted by atomic mass is 35.5. The van der Waals surface area contributed by atoms with E-state index >= 15 is 0 Å². The van der Waals surface area contributed by atoms with Gasteiger partial charge in [0.1, 0.15) is 5.60 Å². The van der Waals surface area contributed by atoms with E-state index < -0.39 is 16.6 Å². The zero-order chi connectivity index (χ0) is 15.5. The largest absolute Gasteiger partial charge is 0.442 e. The molecule has 0 unspecified atom stereocenters. The molecule has 0 aliphatic rings. The molecule has 0 heterocycles. The fraction of sp³-hybridized carbons (Fsp3) is 0.417. The first-order valence-corrected chi connectivity index (χ1v) is 6.15.